The van der Waals surface area contributed by atoms with Gasteiger partial charge in [-0.15, -0.1) is 0 Å². The maximum Gasteiger partial charge on any atom is 0.458 e. The summed E-state index contributed by atoms with van der Waals surface area (Å²) in [5, 5.41) is 7.14. The molecule has 0 unspecified atom stereocenters. The molecule has 3 aliphatic rings. The number of nitrogens with zero attached hydrogens (tertiary/aromatic N) is 1. The number of piperidine rings is 1. The molecule has 0 bridgehead atoms. The van der Waals surface area contributed by atoms with E-state index in [4.69, 9.17) is 14.2 Å². The van der Waals surface area contributed by atoms with Crippen LogP contribution in [0.4, 0.5) is 43.4 Å². The van der Waals surface area contributed by atoms with Crippen molar-refractivity contribution in [2.24, 2.45) is 0 Å². The molecule has 2 aromatic rings. The predicted octanol–water partition coefficient (Wildman–Crippen LogP) is 4.49. The van der Waals surface area contributed by atoms with E-state index in [2.05, 4.69) is 27.7 Å². The van der Waals surface area contributed by atoms with Gasteiger partial charge >= 0.3 is 23.9 Å². The Bertz CT molecular complexity index is 1240. The Labute approximate surface area is 225 Å². The van der Waals surface area contributed by atoms with Gasteiger partial charge < -0.3 is 29.7 Å². The predicted molar refractivity (Wildman–Crippen MR) is 132 cm³/mol. The molecule has 5 rings (SSSR count). The number of carbonyl (C=O) groups excluding carboxylic acids is 2. The molecule has 0 aromatic heterocycles. The van der Waals surface area contributed by atoms with Gasteiger partial charge in [0.15, 0.2) is 0 Å². The van der Waals surface area contributed by atoms with Crippen molar-refractivity contribution in [2.75, 3.05) is 50.7 Å². The van der Waals surface area contributed by atoms with Crippen LogP contribution in [-0.4, -0.2) is 70.4 Å². The molecule has 2 atom stereocenters. The molecular weight excluding hydrogens is 548 g/mol. The summed E-state index contributed by atoms with van der Waals surface area (Å²) in [4.78, 5) is 21.8. The van der Waals surface area contributed by atoms with Gasteiger partial charge in [-0.2, -0.15) is 26.3 Å². The van der Waals surface area contributed by atoms with Crippen molar-refractivity contribution in [1.82, 2.24) is 5.32 Å². The molecule has 2 N–H and O–H groups in total. The number of hydrogen-bond acceptors (Lipinski definition) is 8. The Morgan fingerprint density at radius 2 is 1.73 bits per heavy atom. The maximum absolute atomic E-state index is 11.2. The van der Waals surface area contributed by atoms with Crippen molar-refractivity contribution in [2.45, 2.75) is 37.3 Å². The van der Waals surface area contributed by atoms with Crippen molar-refractivity contribution >= 4 is 28.6 Å². The van der Waals surface area contributed by atoms with Gasteiger partial charge in [-0.05, 0) is 42.8 Å². The summed E-state index contributed by atoms with van der Waals surface area (Å²) in [5.41, 5.74) is 6.08. The van der Waals surface area contributed by atoms with Crippen LogP contribution in [0.2, 0.25) is 0 Å². The Morgan fingerprint density at radius 1 is 1.02 bits per heavy atom. The number of Topliss-reactive ketones (excluding diaryl/α,β-unsaturated/α-hetero) is 2. The molecule has 1 saturated heterocycles. The van der Waals surface area contributed by atoms with Gasteiger partial charge in [0.2, 0.25) is 0 Å². The molecule has 2 aromatic carbocycles. The molecule has 218 valence electrons. The first-order chi connectivity index (χ1) is 18.8. The van der Waals surface area contributed by atoms with Crippen LogP contribution in [0.3, 0.4) is 0 Å². The van der Waals surface area contributed by atoms with Gasteiger partial charge in [0.05, 0.1) is 33.1 Å². The smallest absolute Gasteiger partial charge is 0.458 e. The van der Waals surface area contributed by atoms with E-state index in [0.29, 0.717) is 18.6 Å². The third kappa shape index (κ3) is 6.12. The van der Waals surface area contributed by atoms with Gasteiger partial charge in [0, 0.05) is 48.1 Å². The quantitative estimate of drug-likeness (QED) is 0.399. The molecule has 0 saturated carbocycles. The van der Waals surface area contributed by atoms with Crippen LogP contribution in [0, 0.1) is 0 Å². The highest BCUT2D eigenvalue weighted by atomic mass is 19.4. The molecule has 40 heavy (non-hydrogen) atoms. The first-order valence-corrected chi connectivity index (χ1v) is 12.3. The van der Waals surface area contributed by atoms with E-state index in [-0.39, 0.29) is 0 Å². The number of ketones is 2. The van der Waals surface area contributed by atoms with Crippen LogP contribution in [-0.2, 0) is 20.9 Å². The van der Waals surface area contributed by atoms with Crippen molar-refractivity contribution in [3.05, 3.63) is 41.5 Å². The minimum atomic E-state index is -5.77. The van der Waals surface area contributed by atoms with Gasteiger partial charge in [0.25, 0.3) is 0 Å². The second kappa shape index (κ2) is 11.5. The van der Waals surface area contributed by atoms with Gasteiger partial charge in [0.1, 0.15) is 11.5 Å². The lowest BCUT2D eigenvalue weighted by Crippen LogP contribution is -2.44. The highest BCUT2D eigenvalue weighted by molar-refractivity contribution is 6.41. The van der Waals surface area contributed by atoms with Gasteiger partial charge in [-0.3, -0.25) is 9.59 Å². The highest BCUT2D eigenvalue weighted by Crippen LogP contribution is 2.48. The van der Waals surface area contributed by atoms with E-state index < -0.39 is 23.9 Å². The minimum Gasteiger partial charge on any atom is -0.497 e. The topological polar surface area (TPSA) is 89.1 Å². The maximum atomic E-state index is 11.2. The van der Waals surface area contributed by atoms with Crippen LogP contribution in [0.1, 0.15) is 23.5 Å². The Hall–Kier alpha value is -3.52. The zero-order chi connectivity index (χ0) is 29.2. The van der Waals surface area contributed by atoms with Gasteiger partial charge in [-0.1, -0.05) is 0 Å². The second-order valence-corrected chi connectivity index (χ2v) is 9.33. The number of fused-ring (bicyclic) bond motifs is 3. The van der Waals surface area contributed by atoms with Crippen LogP contribution in [0.5, 0.6) is 11.5 Å². The Kier molecular flexibility index (Phi) is 8.49. The number of rotatable bonds is 5. The molecule has 0 radical (unpaired) electrons. The number of benzene rings is 2. The first kappa shape index (κ1) is 29.5. The van der Waals surface area contributed by atoms with Gasteiger partial charge in [-0.25, -0.2) is 0 Å². The van der Waals surface area contributed by atoms with Crippen LogP contribution >= 0.6 is 0 Å². The number of methoxy groups -OCH3 is 2. The van der Waals surface area contributed by atoms with Crippen molar-refractivity contribution in [3.63, 3.8) is 0 Å². The van der Waals surface area contributed by atoms with E-state index >= 15 is 0 Å². The molecule has 1 fully saturated rings. The number of alkyl halides is 6. The Balaban J connectivity index is 0.000000263. The summed E-state index contributed by atoms with van der Waals surface area (Å²) in [7, 11) is 3.37. The zero-order valence-corrected chi connectivity index (χ0v) is 21.5. The van der Waals surface area contributed by atoms with E-state index in [1.807, 2.05) is 18.2 Å². The number of nitrogens with one attached hydrogen (secondary N) is 2. The summed E-state index contributed by atoms with van der Waals surface area (Å²) in [6, 6.07) is 10.9. The monoisotopic (exact) mass is 575 g/mol. The fourth-order valence-corrected chi connectivity index (χ4v) is 5.18. The summed E-state index contributed by atoms with van der Waals surface area (Å²) in [5.74, 6) is -4.68. The van der Waals surface area contributed by atoms with Crippen LogP contribution in [0.25, 0.3) is 0 Å². The molecule has 0 spiro atoms. The normalized spacial score (nSPS) is 19.9. The summed E-state index contributed by atoms with van der Waals surface area (Å²) in [6.45, 7) is 4.57. The molecule has 14 heteroatoms. The van der Waals surface area contributed by atoms with E-state index in [1.165, 1.54) is 23.2 Å². The molecule has 0 aliphatic carbocycles. The number of carbonyl (C=O) groups is 2. The first-order valence-electron chi connectivity index (χ1n) is 12.3. The van der Waals surface area contributed by atoms with E-state index in [1.54, 1.807) is 14.2 Å². The Morgan fingerprint density at radius 3 is 2.35 bits per heavy atom. The number of hydrogen-bond donors (Lipinski definition) is 2. The molecule has 8 nitrogen and oxygen atoms in total. The standard InChI is InChI=1S/C22H27N3O3.C4F6O2/c1-26-16-3-4-21(27-2)19(11-16)24-15-9-14-13-28-8-7-25-20-5-6-23-12-18(20)17(10-15)22(14)25;5-3(6,7)1(11)2(12)4(8,9)10/h3-4,9-11,18,20,23-24H,5-8,12-13H2,1-2H3;/t18-,20-;/m0./s1. The average Bonchev–Trinajstić information content (AvgIpc) is 3.07. The fraction of sp³-hybridized carbons (Fsp3) is 0.462. The summed E-state index contributed by atoms with van der Waals surface area (Å²) < 4.78 is 83.8. The molecule has 0 amide bonds. The highest BCUT2D eigenvalue weighted by Gasteiger charge is 2.54. The molecular formula is C26H27F6N3O5. The summed E-state index contributed by atoms with van der Waals surface area (Å²) in [6.07, 6.45) is -10.4. The second-order valence-electron chi connectivity index (χ2n) is 9.33. The largest absolute Gasteiger partial charge is 0.497 e. The van der Waals surface area contributed by atoms with Crippen LogP contribution in [0.15, 0.2) is 30.3 Å². The third-order valence-corrected chi connectivity index (χ3v) is 6.89. The zero-order valence-electron chi connectivity index (χ0n) is 21.5. The van der Waals surface area contributed by atoms with Crippen molar-refractivity contribution < 1.29 is 50.1 Å². The van der Waals surface area contributed by atoms with E-state index in [0.717, 1.165) is 49.1 Å². The molecule has 3 heterocycles. The number of ether oxygens (including phenoxy) is 3. The third-order valence-electron chi connectivity index (χ3n) is 6.89. The number of halogens is 6. The SMILES string of the molecule is COc1ccc(OC)c(Nc2cc3c4c(c2)[C@@H]2CNCC[C@@H]2N4CCOC3)c1.O=C(C(=O)C(F)(F)F)C(F)(F)F. The minimum absolute atomic E-state index is 0.537. The van der Waals surface area contributed by atoms with Crippen molar-refractivity contribution in [1.29, 1.82) is 0 Å². The average molecular weight is 576 g/mol. The lowest BCUT2D eigenvalue weighted by molar-refractivity contribution is -0.193. The van der Waals surface area contributed by atoms with Crippen LogP contribution < -0.4 is 25.0 Å². The van der Waals surface area contributed by atoms with Crippen molar-refractivity contribution in [3.8, 4) is 11.5 Å². The fourth-order valence-electron chi connectivity index (χ4n) is 5.18. The molecule has 3 aliphatic heterocycles. The van der Waals surface area contributed by atoms with E-state index in [9.17, 15) is 35.9 Å². The number of anilines is 3. The lowest BCUT2D eigenvalue weighted by atomic mass is 9.89. The lowest BCUT2D eigenvalue weighted by Gasteiger charge is -2.33. The summed E-state index contributed by atoms with van der Waals surface area (Å²) >= 11 is 0.